The van der Waals surface area contributed by atoms with E-state index < -0.39 is 12.0 Å². The lowest BCUT2D eigenvalue weighted by atomic mass is 9.53. The highest BCUT2D eigenvalue weighted by Gasteiger charge is 2.53. The van der Waals surface area contributed by atoms with Crippen molar-refractivity contribution in [3.8, 4) is 0 Å². The summed E-state index contributed by atoms with van der Waals surface area (Å²) < 4.78 is 1.57. The number of carbonyl (C=O) groups excluding carboxylic acids is 1. The van der Waals surface area contributed by atoms with E-state index in [0.717, 1.165) is 0 Å². The van der Waals surface area contributed by atoms with Crippen molar-refractivity contribution in [3.63, 3.8) is 0 Å². The molecule has 0 aromatic carbocycles. The normalized spacial score (nSPS) is 23.3. The van der Waals surface area contributed by atoms with Crippen LogP contribution in [-0.4, -0.2) is 37.7 Å². The van der Waals surface area contributed by atoms with Gasteiger partial charge in [-0.05, 0) is 36.8 Å². The molecule has 128 valence electrons. The van der Waals surface area contributed by atoms with Gasteiger partial charge in [0, 0.05) is 12.2 Å². The van der Waals surface area contributed by atoms with E-state index >= 15 is 0 Å². The third-order valence-electron chi connectivity index (χ3n) is 5.07. The summed E-state index contributed by atoms with van der Waals surface area (Å²) in [4.78, 5) is 27.5. The lowest BCUT2D eigenvalue weighted by molar-refractivity contribution is -0.160. The minimum Gasteiger partial charge on any atom is -0.481 e. The van der Waals surface area contributed by atoms with Crippen LogP contribution in [0, 0.1) is 17.3 Å². The van der Waals surface area contributed by atoms with Gasteiger partial charge in [0.15, 0.2) is 5.65 Å². The minimum atomic E-state index is -0.776. The lowest BCUT2D eigenvalue weighted by Crippen LogP contribution is -2.57. The van der Waals surface area contributed by atoms with Crippen LogP contribution in [-0.2, 0) is 4.79 Å². The number of aromatic nitrogens is 3. The van der Waals surface area contributed by atoms with Gasteiger partial charge in [-0.2, -0.15) is 4.98 Å². The van der Waals surface area contributed by atoms with Crippen molar-refractivity contribution >= 4 is 23.6 Å². The zero-order valence-corrected chi connectivity index (χ0v) is 13.9. The highest BCUT2D eigenvalue weighted by atomic mass is 16.4. The molecule has 3 rings (SSSR count). The van der Waals surface area contributed by atoms with Crippen molar-refractivity contribution in [3.05, 3.63) is 24.4 Å². The number of fused-ring (bicyclic) bond motifs is 1. The maximum absolute atomic E-state index is 12.1. The van der Waals surface area contributed by atoms with Crippen LogP contribution in [0.4, 0.5) is 10.7 Å². The van der Waals surface area contributed by atoms with Gasteiger partial charge in [-0.15, -0.1) is 5.10 Å². The maximum Gasteiger partial charge on any atom is 0.321 e. The fraction of sp³-hybridized carbons (Fsp3) is 0.500. The molecule has 24 heavy (non-hydrogen) atoms. The van der Waals surface area contributed by atoms with Crippen LogP contribution in [0.5, 0.6) is 0 Å². The lowest BCUT2D eigenvalue weighted by Gasteiger charge is -2.52. The van der Waals surface area contributed by atoms with E-state index in [1.807, 2.05) is 32.9 Å². The third kappa shape index (κ3) is 2.79. The molecule has 2 aromatic heterocycles. The number of hydrogen-bond donors (Lipinski definition) is 3. The Labute approximate surface area is 139 Å². The third-order valence-corrected chi connectivity index (χ3v) is 5.07. The Morgan fingerprint density at radius 3 is 2.79 bits per heavy atom. The molecular formula is C16H21N5O3. The SMILES string of the molecule is CC(NC(=O)Nc1nc2ccccn2n1)[C@@H]1C[C@H](C(=O)O)C1(C)C. The van der Waals surface area contributed by atoms with Crippen LogP contribution in [0.1, 0.15) is 27.2 Å². The van der Waals surface area contributed by atoms with Crippen LogP contribution < -0.4 is 10.6 Å². The first-order valence-electron chi connectivity index (χ1n) is 7.91. The number of urea groups is 1. The number of amides is 2. The molecule has 2 heterocycles. The molecular weight excluding hydrogens is 310 g/mol. The Hall–Kier alpha value is -2.64. The molecule has 2 aromatic rings. The molecule has 8 heteroatoms. The number of nitrogens with zero attached hydrogens (tertiary/aromatic N) is 3. The zero-order valence-electron chi connectivity index (χ0n) is 13.9. The van der Waals surface area contributed by atoms with E-state index in [-0.39, 0.29) is 29.2 Å². The smallest absolute Gasteiger partial charge is 0.321 e. The summed E-state index contributed by atoms with van der Waals surface area (Å²) in [5.74, 6) is -0.808. The Bertz CT molecular complexity index is 752. The fourth-order valence-corrected chi connectivity index (χ4v) is 3.56. The number of nitrogens with one attached hydrogen (secondary N) is 2. The van der Waals surface area contributed by atoms with Crippen LogP contribution in [0.2, 0.25) is 0 Å². The van der Waals surface area contributed by atoms with Gasteiger partial charge in [-0.1, -0.05) is 19.9 Å². The first kappa shape index (κ1) is 16.2. The first-order valence-corrected chi connectivity index (χ1v) is 7.91. The summed E-state index contributed by atoms with van der Waals surface area (Å²) in [5.41, 5.74) is 0.296. The Kier molecular flexibility index (Phi) is 3.90. The summed E-state index contributed by atoms with van der Waals surface area (Å²) in [7, 11) is 0. The second-order valence-corrected chi connectivity index (χ2v) is 6.88. The van der Waals surface area contributed by atoms with Crippen molar-refractivity contribution in [2.45, 2.75) is 33.2 Å². The molecule has 0 bridgehead atoms. The average Bonchev–Trinajstić information content (AvgIpc) is 2.87. The molecule has 1 unspecified atom stereocenters. The molecule has 1 aliphatic carbocycles. The molecule has 2 amide bonds. The molecule has 1 saturated carbocycles. The predicted octanol–water partition coefficient (Wildman–Crippen LogP) is 1.99. The summed E-state index contributed by atoms with van der Waals surface area (Å²) in [5, 5.41) is 18.8. The maximum atomic E-state index is 12.1. The second kappa shape index (κ2) is 5.77. The summed E-state index contributed by atoms with van der Waals surface area (Å²) in [6, 6.07) is 4.92. The monoisotopic (exact) mass is 331 g/mol. The van der Waals surface area contributed by atoms with E-state index in [4.69, 9.17) is 0 Å². The van der Waals surface area contributed by atoms with Gasteiger partial charge in [-0.3, -0.25) is 10.1 Å². The van der Waals surface area contributed by atoms with Gasteiger partial charge < -0.3 is 10.4 Å². The van der Waals surface area contributed by atoms with Crippen molar-refractivity contribution in [1.82, 2.24) is 19.9 Å². The van der Waals surface area contributed by atoms with E-state index in [2.05, 4.69) is 20.7 Å². The van der Waals surface area contributed by atoms with E-state index in [0.29, 0.717) is 12.1 Å². The Morgan fingerprint density at radius 1 is 1.42 bits per heavy atom. The van der Waals surface area contributed by atoms with Crippen LogP contribution in [0.25, 0.3) is 5.65 Å². The molecule has 1 aliphatic rings. The Balaban J connectivity index is 1.60. The number of carbonyl (C=O) groups is 2. The van der Waals surface area contributed by atoms with Gasteiger partial charge >= 0.3 is 12.0 Å². The standard InChI is InChI=1S/C16H21N5O3/c1-9(10-8-11(13(22)23)16(10,2)3)17-15(24)19-14-18-12-6-4-5-7-21(12)20-14/h4-7,9-11H,8H2,1-3H3,(H,22,23)(H2,17,19,20,24)/t9?,10-,11+/m0/s1. The minimum absolute atomic E-state index is 0.110. The molecule has 0 saturated heterocycles. The number of aliphatic carboxylic acids is 1. The predicted molar refractivity (Wildman–Crippen MR) is 87.6 cm³/mol. The number of rotatable bonds is 4. The number of hydrogen-bond acceptors (Lipinski definition) is 4. The highest BCUT2D eigenvalue weighted by molar-refractivity contribution is 5.87. The number of anilines is 1. The molecule has 3 N–H and O–H groups in total. The molecule has 3 atom stereocenters. The molecule has 0 radical (unpaired) electrons. The first-order chi connectivity index (χ1) is 11.3. The van der Waals surface area contributed by atoms with E-state index in [9.17, 15) is 14.7 Å². The van der Waals surface area contributed by atoms with Crippen LogP contribution >= 0.6 is 0 Å². The fourth-order valence-electron chi connectivity index (χ4n) is 3.56. The van der Waals surface area contributed by atoms with Gasteiger partial charge in [0.25, 0.3) is 5.95 Å². The summed E-state index contributed by atoms with van der Waals surface area (Å²) in [6.07, 6.45) is 2.31. The van der Waals surface area contributed by atoms with Crippen molar-refractivity contribution in [1.29, 1.82) is 0 Å². The van der Waals surface area contributed by atoms with E-state index in [1.165, 1.54) is 0 Å². The molecule has 0 spiro atoms. The van der Waals surface area contributed by atoms with Gasteiger partial charge in [0.1, 0.15) is 0 Å². The number of pyridine rings is 1. The van der Waals surface area contributed by atoms with Crippen molar-refractivity contribution in [2.75, 3.05) is 5.32 Å². The quantitative estimate of drug-likeness (QED) is 0.794. The van der Waals surface area contributed by atoms with Gasteiger partial charge in [0.05, 0.1) is 5.92 Å². The van der Waals surface area contributed by atoms with E-state index in [1.54, 1.807) is 16.8 Å². The van der Waals surface area contributed by atoms with Gasteiger partial charge in [-0.25, -0.2) is 9.31 Å². The largest absolute Gasteiger partial charge is 0.481 e. The summed E-state index contributed by atoms with van der Waals surface area (Å²) >= 11 is 0. The Morgan fingerprint density at radius 2 is 2.17 bits per heavy atom. The number of carboxylic acids is 1. The number of carboxylic acid groups (broad SMARTS) is 1. The molecule has 1 fully saturated rings. The summed E-state index contributed by atoms with van der Waals surface area (Å²) in [6.45, 7) is 5.75. The topological polar surface area (TPSA) is 109 Å². The average molecular weight is 331 g/mol. The second-order valence-electron chi connectivity index (χ2n) is 6.88. The van der Waals surface area contributed by atoms with Crippen LogP contribution in [0.15, 0.2) is 24.4 Å². The van der Waals surface area contributed by atoms with Crippen molar-refractivity contribution in [2.24, 2.45) is 17.3 Å². The van der Waals surface area contributed by atoms with Crippen molar-refractivity contribution < 1.29 is 14.7 Å². The van der Waals surface area contributed by atoms with Gasteiger partial charge in [0.2, 0.25) is 0 Å². The molecule has 0 aliphatic heterocycles. The molecule has 8 nitrogen and oxygen atoms in total. The van der Waals surface area contributed by atoms with Crippen LogP contribution in [0.3, 0.4) is 0 Å². The highest BCUT2D eigenvalue weighted by Crippen LogP contribution is 2.52. The zero-order chi connectivity index (χ0) is 17.5.